The van der Waals surface area contributed by atoms with Crippen molar-refractivity contribution in [3.63, 3.8) is 0 Å². The van der Waals surface area contributed by atoms with E-state index in [1.54, 1.807) is 24.4 Å². The number of carboxylic acids is 1. The van der Waals surface area contributed by atoms with Crippen molar-refractivity contribution >= 4 is 12.3 Å². The van der Waals surface area contributed by atoms with Crippen LogP contribution in [-0.2, 0) is 17.9 Å². The van der Waals surface area contributed by atoms with Crippen molar-refractivity contribution in [1.82, 2.24) is 19.7 Å². The van der Waals surface area contributed by atoms with Gasteiger partial charge in [0.15, 0.2) is 6.29 Å². The molecule has 9 nitrogen and oxygen atoms in total. The summed E-state index contributed by atoms with van der Waals surface area (Å²) in [7, 11) is 1.47. The van der Waals surface area contributed by atoms with Crippen molar-refractivity contribution < 1.29 is 24.2 Å². The number of nitrogens with zero attached hydrogens (tertiary/aromatic N) is 4. The minimum atomic E-state index is -1.02. The van der Waals surface area contributed by atoms with E-state index in [1.165, 1.54) is 30.3 Å². The molecule has 0 aliphatic heterocycles. The number of methoxy groups -OCH3 is 1. The molecule has 0 fully saturated rings. The Morgan fingerprint density at radius 2 is 2.15 bits per heavy atom. The molecule has 3 aromatic rings. The lowest BCUT2D eigenvalue weighted by Crippen LogP contribution is -2.12. The summed E-state index contributed by atoms with van der Waals surface area (Å²) in [4.78, 5) is 30.7. The van der Waals surface area contributed by atoms with E-state index in [1.807, 2.05) is 0 Å². The van der Waals surface area contributed by atoms with Crippen LogP contribution in [0.15, 0.2) is 42.9 Å². The molecule has 0 aromatic carbocycles. The molecule has 3 aromatic heterocycles. The lowest BCUT2D eigenvalue weighted by molar-refractivity contribution is -0.137. The summed E-state index contributed by atoms with van der Waals surface area (Å²) >= 11 is 0. The largest absolute Gasteiger partial charge is 0.486 e. The number of aldehydes is 1. The molecular formula is C18H16N4O5. The maximum absolute atomic E-state index is 11.3. The fourth-order valence-electron chi connectivity index (χ4n) is 2.46. The predicted octanol–water partition coefficient (Wildman–Crippen LogP) is 1.82. The monoisotopic (exact) mass is 368 g/mol. The number of carbonyl (C=O) groups excluding carboxylic acids is 1. The minimum Gasteiger partial charge on any atom is -0.486 e. The first-order valence-corrected chi connectivity index (χ1v) is 7.92. The number of pyridine rings is 2. The van der Waals surface area contributed by atoms with Crippen molar-refractivity contribution in [3.8, 4) is 23.0 Å². The van der Waals surface area contributed by atoms with Gasteiger partial charge in [0.1, 0.15) is 24.6 Å². The molecule has 9 heteroatoms. The summed E-state index contributed by atoms with van der Waals surface area (Å²) in [5.41, 5.74) is 1.95. The van der Waals surface area contributed by atoms with E-state index in [0.29, 0.717) is 40.4 Å². The van der Waals surface area contributed by atoms with E-state index >= 15 is 0 Å². The molecule has 0 bridgehead atoms. The van der Waals surface area contributed by atoms with Crippen LogP contribution in [0, 0.1) is 0 Å². The summed E-state index contributed by atoms with van der Waals surface area (Å²) in [5.74, 6) is -0.254. The normalized spacial score (nSPS) is 10.4. The number of carboxylic acid groups (broad SMARTS) is 1. The standard InChI is InChI=1S/C18H16N4O5/c1-26-16-7-12(10-23)13(8-20-16)11-27-15-3-2-5-19-18(15)14-4-6-21-22(14)9-17(24)25/h2-8,10H,9,11H2,1H3,(H,24,25). The Hall–Kier alpha value is -3.75. The molecule has 0 aliphatic carbocycles. The van der Waals surface area contributed by atoms with E-state index in [2.05, 4.69) is 15.1 Å². The van der Waals surface area contributed by atoms with Crippen LogP contribution < -0.4 is 9.47 Å². The number of carbonyl (C=O) groups is 2. The molecule has 0 spiro atoms. The topological polar surface area (TPSA) is 116 Å². The lowest BCUT2D eigenvalue weighted by atomic mass is 10.1. The number of rotatable bonds is 8. The molecular weight excluding hydrogens is 352 g/mol. The van der Waals surface area contributed by atoms with Crippen LogP contribution in [0.2, 0.25) is 0 Å². The van der Waals surface area contributed by atoms with Gasteiger partial charge in [-0.1, -0.05) is 0 Å². The average molecular weight is 368 g/mol. The first-order chi connectivity index (χ1) is 13.1. The Balaban J connectivity index is 1.87. The van der Waals surface area contributed by atoms with Gasteiger partial charge in [0, 0.05) is 35.8 Å². The maximum Gasteiger partial charge on any atom is 0.325 e. The molecule has 138 valence electrons. The van der Waals surface area contributed by atoms with Crippen LogP contribution in [0.3, 0.4) is 0 Å². The third-order valence-corrected chi connectivity index (χ3v) is 3.73. The average Bonchev–Trinajstić information content (AvgIpc) is 3.13. The Kier molecular flexibility index (Phi) is 5.41. The summed E-state index contributed by atoms with van der Waals surface area (Å²) in [6, 6.07) is 6.59. The highest BCUT2D eigenvalue weighted by Crippen LogP contribution is 2.28. The molecule has 27 heavy (non-hydrogen) atoms. The first-order valence-electron chi connectivity index (χ1n) is 7.92. The van der Waals surface area contributed by atoms with Crippen LogP contribution in [0.1, 0.15) is 15.9 Å². The molecule has 3 rings (SSSR count). The molecule has 0 amide bonds. The zero-order chi connectivity index (χ0) is 19.2. The van der Waals surface area contributed by atoms with Gasteiger partial charge >= 0.3 is 5.97 Å². The molecule has 0 saturated heterocycles. The predicted molar refractivity (Wildman–Crippen MR) is 93.6 cm³/mol. The minimum absolute atomic E-state index is 0.0802. The maximum atomic E-state index is 11.3. The van der Waals surface area contributed by atoms with Crippen LogP contribution in [0.4, 0.5) is 0 Å². The van der Waals surface area contributed by atoms with Gasteiger partial charge in [-0.25, -0.2) is 4.98 Å². The van der Waals surface area contributed by atoms with Crippen LogP contribution in [-0.4, -0.2) is 44.2 Å². The number of aliphatic carboxylic acids is 1. The second-order valence-corrected chi connectivity index (χ2v) is 5.45. The summed E-state index contributed by atoms with van der Waals surface area (Å²) in [6.45, 7) is -0.215. The van der Waals surface area contributed by atoms with Crippen molar-refractivity contribution in [1.29, 1.82) is 0 Å². The Morgan fingerprint density at radius 1 is 1.30 bits per heavy atom. The molecule has 0 saturated carbocycles. The van der Waals surface area contributed by atoms with Crippen molar-refractivity contribution in [2.45, 2.75) is 13.2 Å². The number of hydrogen-bond acceptors (Lipinski definition) is 7. The van der Waals surface area contributed by atoms with E-state index < -0.39 is 5.97 Å². The molecule has 0 atom stereocenters. The number of aromatic nitrogens is 4. The number of ether oxygens (including phenoxy) is 2. The van der Waals surface area contributed by atoms with E-state index in [4.69, 9.17) is 14.6 Å². The zero-order valence-corrected chi connectivity index (χ0v) is 14.4. The van der Waals surface area contributed by atoms with E-state index in [0.717, 1.165) is 0 Å². The Labute approximate surface area is 154 Å². The van der Waals surface area contributed by atoms with Gasteiger partial charge in [0.05, 0.1) is 12.8 Å². The molecule has 3 heterocycles. The summed E-state index contributed by atoms with van der Waals surface area (Å²) in [5, 5.41) is 13.0. The van der Waals surface area contributed by atoms with Gasteiger partial charge in [-0.2, -0.15) is 5.10 Å². The zero-order valence-electron chi connectivity index (χ0n) is 14.4. The van der Waals surface area contributed by atoms with Gasteiger partial charge in [-0.05, 0) is 18.2 Å². The summed E-state index contributed by atoms with van der Waals surface area (Å²) < 4.78 is 12.2. The third kappa shape index (κ3) is 4.09. The van der Waals surface area contributed by atoms with Gasteiger partial charge in [0.2, 0.25) is 5.88 Å². The third-order valence-electron chi connectivity index (χ3n) is 3.73. The molecule has 0 unspecified atom stereocenters. The highest BCUT2D eigenvalue weighted by atomic mass is 16.5. The van der Waals surface area contributed by atoms with Crippen molar-refractivity contribution in [3.05, 3.63) is 54.0 Å². The number of hydrogen-bond donors (Lipinski definition) is 1. The fraction of sp³-hybridized carbons (Fsp3) is 0.167. The van der Waals surface area contributed by atoms with Crippen LogP contribution in [0.25, 0.3) is 11.4 Å². The van der Waals surface area contributed by atoms with Crippen molar-refractivity contribution in [2.24, 2.45) is 0 Å². The summed E-state index contributed by atoms with van der Waals surface area (Å²) in [6.07, 6.45) is 5.28. The van der Waals surface area contributed by atoms with Crippen molar-refractivity contribution in [2.75, 3.05) is 7.11 Å². The SMILES string of the molecule is COc1cc(C=O)c(COc2cccnc2-c2ccnn2CC(=O)O)cn1. The van der Waals surface area contributed by atoms with E-state index in [9.17, 15) is 9.59 Å². The molecule has 1 N–H and O–H groups in total. The van der Waals surface area contributed by atoms with E-state index in [-0.39, 0.29) is 13.2 Å². The van der Waals surface area contributed by atoms with Gasteiger partial charge in [-0.15, -0.1) is 0 Å². The Bertz CT molecular complexity index is 970. The quantitative estimate of drug-likeness (QED) is 0.599. The molecule has 0 aliphatic rings. The smallest absolute Gasteiger partial charge is 0.325 e. The van der Waals surface area contributed by atoms with Crippen LogP contribution >= 0.6 is 0 Å². The fourth-order valence-corrected chi connectivity index (χ4v) is 2.46. The highest BCUT2D eigenvalue weighted by molar-refractivity contribution is 5.77. The molecule has 0 radical (unpaired) electrons. The van der Waals surface area contributed by atoms with Crippen LogP contribution in [0.5, 0.6) is 11.6 Å². The first kappa shape index (κ1) is 18.1. The lowest BCUT2D eigenvalue weighted by Gasteiger charge is -2.12. The van der Waals surface area contributed by atoms with Gasteiger partial charge < -0.3 is 14.6 Å². The second kappa shape index (κ2) is 8.09. The van der Waals surface area contributed by atoms with Gasteiger partial charge in [0.25, 0.3) is 0 Å². The second-order valence-electron chi connectivity index (χ2n) is 5.45. The van der Waals surface area contributed by atoms with Gasteiger partial charge in [-0.3, -0.25) is 19.3 Å². The highest BCUT2D eigenvalue weighted by Gasteiger charge is 2.15. The Morgan fingerprint density at radius 3 is 2.89 bits per heavy atom.